The average Bonchev–Trinajstić information content (AvgIpc) is 2.66. The zero-order valence-corrected chi connectivity index (χ0v) is 16.6. The standard InChI is InChI=1S/C18H21ClN2O5S/c1-25-16-9-14(10-17(11-16)26-2)18(22)20-7-8-27(23,24)21-12-13-3-5-15(19)6-4-13/h3-6,9-11,21H,7-8,12H2,1-2H3,(H,20,22). The summed E-state index contributed by atoms with van der Waals surface area (Å²) in [4.78, 5) is 12.2. The third-order valence-electron chi connectivity index (χ3n) is 3.68. The van der Waals surface area contributed by atoms with Crippen LogP contribution >= 0.6 is 11.6 Å². The predicted molar refractivity (Wildman–Crippen MR) is 104 cm³/mol. The molecule has 146 valence electrons. The van der Waals surface area contributed by atoms with Gasteiger partial charge >= 0.3 is 0 Å². The van der Waals surface area contributed by atoms with Gasteiger partial charge in [0.2, 0.25) is 10.0 Å². The number of benzene rings is 2. The van der Waals surface area contributed by atoms with E-state index in [0.29, 0.717) is 22.1 Å². The molecule has 0 radical (unpaired) electrons. The number of hydrogen-bond donors (Lipinski definition) is 2. The second-order valence-corrected chi connectivity index (χ2v) is 7.99. The van der Waals surface area contributed by atoms with Gasteiger partial charge in [-0.25, -0.2) is 13.1 Å². The fraction of sp³-hybridized carbons (Fsp3) is 0.278. The number of nitrogens with one attached hydrogen (secondary N) is 2. The summed E-state index contributed by atoms with van der Waals surface area (Å²) in [6.45, 7) is 0.120. The Labute approximate surface area is 163 Å². The summed E-state index contributed by atoms with van der Waals surface area (Å²) in [5.41, 5.74) is 1.10. The maximum atomic E-state index is 12.2. The van der Waals surface area contributed by atoms with Gasteiger partial charge in [-0.15, -0.1) is 0 Å². The van der Waals surface area contributed by atoms with Crippen molar-refractivity contribution in [1.29, 1.82) is 0 Å². The molecule has 0 aromatic heterocycles. The molecule has 1 amide bonds. The molecule has 0 unspecified atom stereocenters. The number of hydrogen-bond acceptors (Lipinski definition) is 5. The minimum absolute atomic E-state index is 0.0334. The van der Waals surface area contributed by atoms with Gasteiger partial charge in [0.25, 0.3) is 5.91 Å². The van der Waals surface area contributed by atoms with E-state index in [1.165, 1.54) is 14.2 Å². The molecule has 0 fully saturated rings. The van der Waals surface area contributed by atoms with Gasteiger partial charge < -0.3 is 14.8 Å². The van der Waals surface area contributed by atoms with Crippen molar-refractivity contribution in [2.45, 2.75) is 6.54 Å². The highest BCUT2D eigenvalue weighted by Crippen LogP contribution is 2.22. The van der Waals surface area contributed by atoms with Crippen molar-refractivity contribution in [2.24, 2.45) is 0 Å². The quantitative estimate of drug-likeness (QED) is 0.658. The Balaban J connectivity index is 1.87. The predicted octanol–water partition coefficient (Wildman–Crippen LogP) is 2.21. The Morgan fingerprint density at radius 3 is 2.19 bits per heavy atom. The summed E-state index contributed by atoms with van der Waals surface area (Å²) < 4.78 is 36.8. The van der Waals surface area contributed by atoms with Gasteiger partial charge in [-0.1, -0.05) is 23.7 Å². The molecule has 0 aliphatic heterocycles. The first kappa shape index (κ1) is 21.0. The molecule has 27 heavy (non-hydrogen) atoms. The van der Waals surface area contributed by atoms with E-state index >= 15 is 0 Å². The summed E-state index contributed by atoms with van der Waals surface area (Å²) in [5, 5.41) is 3.16. The first-order valence-electron chi connectivity index (χ1n) is 8.06. The lowest BCUT2D eigenvalue weighted by Crippen LogP contribution is -2.34. The molecule has 0 spiro atoms. The van der Waals surface area contributed by atoms with Crippen molar-refractivity contribution in [3.8, 4) is 11.5 Å². The molecular weight excluding hydrogens is 392 g/mol. The first-order chi connectivity index (χ1) is 12.8. The highest BCUT2D eigenvalue weighted by atomic mass is 35.5. The van der Waals surface area contributed by atoms with E-state index in [-0.39, 0.29) is 18.8 Å². The summed E-state index contributed by atoms with van der Waals surface area (Å²) in [6.07, 6.45) is 0. The van der Waals surface area contributed by atoms with Crippen LogP contribution in [0.4, 0.5) is 0 Å². The SMILES string of the molecule is COc1cc(OC)cc(C(=O)NCCS(=O)(=O)NCc2ccc(Cl)cc2)c1. The van der Waals surface area contributed by atoms with E-state index in [2.05, 4.69) is 10.0 Å². The molecule has 2 aromatic rings. The lowest BCUT2D eigenvalue weighted by molar-refractivity contribution is 0.0955. The molecule has 2 rings (SSSR count). The number of sulfonamides is 1. The van der Waals surface area contributed by atoms with Crippen LogP contribution in [0.15, 0.2) is 42.5 Å². The number of ether oxygens (including phenoxy) is 2. The summed E-state index contributed by atoms with van der Waals surface area (Å²) >= 11 is 5.79. The number of rotatable bonds is 9. The fourth-order valence-electron chi connectivity index (χ4n) is 2.21. The molecule has 7 nitrogen and oxygen atoms in total. The molecule has 0 aliphatic rings. The van der Waals surface area contributed by atoms with Crippen molar-refractivity contribution in [2.75, 3.05) is 26.5 Å². The van der Waals surface area contributed by atoms with Gasteiger partial charge in [0.05, 0.1) is 20.0 Å². The van der Waals surface area contributed by atoms with Gasteiger partial charge in [-0.05, 0) is 29.8 Å². The monoisotopic (exact) mass is 412 g/mol. The van der Waals surface area contributed by atoms with E-state index in [1.54, 1.807) is 42.5 Å². The smallest absolute Gasteiger partial charge is 0.251 e. The molecule has 0 bridgehead atoms. The molecule has 2 aromatic carbocycles. The minimum Gasteiger partial charge on any atom is -0.497 e. The Morgan fingerprint density at radius 2 is 1.63 bits per heavy atom. The normalized spacial score (nSPS) is 11.1. The van der Waals surface area contributed by atoms with Gasteiger partial charge in [-0.2, -0.15) is 0 Å². The van der Waals surface area contributed by atoms with Crippen molar-refractivity contribution in [3.63, 3.8) is 0 Å². The highest BCUT2D eigenvalue weighted by molar-refractivity contribution is 7.89. The summed E-state index contributed by atoms with van der Waals surface area (Å²) in [6, 6.07) is 11.6. The van der Waals surface area contributed by atoms with E-state index < -0.39 is 15.9 Å². The zero-order valence-electron chi connectivity index (χ0n) is 15.0. The molecule has 0 saturated carbocycles. The van der Waals surface area contributed by atoms with E-state index in [4.69, 9.17) is 21.1 Å². The van der Waals surface area contributed by atoms with Crippen LogP contribution < -0.4 is 19.5 Å². The Hall–Kier alpha value is -2.29. The third kappa shape index (κ3) is 6.74. The number of carbonyl (C=O) groups excluding carboxylic acids is 1. The maximum absolute atomic E-state index is 12.2. The highest BCUT2D eigenvalue weighted by Gasteiger charge is 2.13. The second kappa shape index (κ2) is 9.59. The van der Waals surface area contributed by atoms with Crippen molar-refractivity contribution < 1.29 is 22.7 Å². The van der Waals surface area contributed by atoms with Crippen LogP contribution in [0.5, 0.6) is 11.5 Å². The van der Waals surface area contributed by atoms with Crippen LogP contribution in [0.1, 0.15) is 15.9 Å². The largest absolute Gasteiger partial charge is 0.497 e. The van der Waals surface area contributed by atoms with Crippen LogP contribution in [0.2, 0.25) is 5.02 Å². The second-order valence-electron chi connectivity index (χ2n) is 5.62. The number of amides is 1. The zero-order chi connectivity index (χ0) is 19.9. The van der Waals surface area contributed by atoms with E-state index in [0.717, 1.165) is 5.56 Å². The molecule has 9 heteroatoms. The lowest BCUT2D eigenvalue weighted by Gasteiger charge is -2.10. The van der Waals surface area contributed by atoms with Gasteiger partial charge in [0.15, 0.2) is 0 Å². The lowest BCUT2D eigenvalue weighted by atomic mass is 10.2. The molecule has 0 saturated heterocycles. The topological polar surface area (TPSA) is 93.7 Å². The molecule has 2 N–H and O–H groups in total. The van der Waals surface area contributed by atoms with Gasteiger partial charge in [0, 0.05) is 29.7 Å². The molecular formula is C18H21ClN2O5S. The van der Waals surface area contributed by atoms with Crippen LogP contribution in [-0.4, -0.2) is 40.8 Å². The minimum atomic E-state index is -3.54. The summed E-state index contributed by atoms with van der Waals surface area (Å²) in [5.74, 6) is 0.279. The molecule has 0 heterocycles. The van der Waals surface area contributed by atoms with E-state index in [1.807, 2.05) is 0 Å². The van der Waals surface area contributed by atoms with Crippen molar-refractivity contribution >= 4 is 27.5 Å². The Morgan fingerprint density at radius 1 is 1.04 bits per heavy atom. The Bertz CT molecular complexity index is 863. The van der Waals surface area contributed by atoms with Crippen LogP contribution in [0, 0.1) is 0 Å². The maximum Gasteiger partial charge on any atom is 0.251 e. The Kier molecular flexibility index (Phi) is 7.46. The fourth-order valence-corrected chi connectivity index (χ4v) is 3.23. The molecule has 0 aliphatic carbocycles. The van der Waals surface area contributed by atoms with Crippen molar-refractivity contribution in [3.05, 3.63) is 58.6 Å². The number of halogens is 1. The van der Waals surface area contributed by atoms with Crippen LogP contribution in [0.3, 0.4) is 0 Å². The first-order valence-corrected chi connectivity index (χ1v) is 10.1. The van der Waals surface area contributed by atoms with Gasteiger partial charge in [-0.3, -0.25) is 4.79 Å². The number of carbonyl (C=O) groups is 1. The van der Waals surface area contributed by atoms with Crippen LogP contribution in [0.25, 0.3) is 0 Å². The van der Waals surface area contributed by atoms with Crippen LogP contribution in [-0.2, 0) is 16.6 Å². The van der Waals surface area contributed by atoms with Gasteiger partial charge in [0.1, 0.15) is 11.5 Å². The molecule has 0 atom stereocenters. The van der Waals surface area contributed by atoms with E-state index in [9.17, 15) is 13.2 Å². The number of methoxy groups -OCH3 is 2. The summed E-state index contributed by atoms with van der Waals surface area (Å²) in [7, 11) is -0.577. The average molecular weight is 413 g/mol. The van der Waals surface area contributed by atoms with Crippen molar-refractivity contribution in [1.82, 2.24) is 10.0 Å². The third-order valence-corrected chi connectivity index (χ3v) is 5.26.